The van der Waals surface area contributed by atoms with E-state index in [-0.39, 0.29) is 57.8 Å². The van der Waals surface area contributed by atoms with Crippen molar-refractivity contribution in [2.24, 2.45) is 28.8 Å². The van der Waals surface area contributed by atoms with E-state index in [2.05, 4.69) is 15.1 Å². The second-order valence-corrected chi connectivity index (χ2v) is 19.9. The molecule has 20 heteroatoms. The number of nitrogens with zero attached hydrogens (tertiary/aromatic N) is 4. The molecular weight excluding hydrogens is 917 g/mol. The predicted molar refractivity (Wildman–Crippen MR) is 253 cm³/mol. The van der Waals surface area contributed by atoms with Crippen molar-refractivity contribution in [3.05, 3.63) is 59.5 Å². The number of cyclic esters (lactones) is 1. The molecule has 2 aromatic rings. The number of methoxy groups -OCH3 is 2. The Kier molecular flexibility index (Phi) is 20.8. The van der Waals surface area contributed by atoms with Crippen molar-refractivity contribution in [2.75, 3.05) is 61.3 Å². The monoisotopic (exact) mass is 988 g/mol. The van der Waals surface area contributed by atoms with Crippen LogP contribution in [0.3, 0.4) is 0 Å². The minimum atomic E-state index is -1.25. The maximum Gasteiger partial charge on any atom is 0.308 e. The number of oxime groups is 1. The Balaban J connectivity index is 1.28. The van der Waals surface area contributed by atoms with E-state index in [1.54, 1.807) is 57.4 Å². The van der Waals surface area contributed by atoms with Crippen LogP contribution in [0.15, 0.2) is 59.8 Å². The lowest BCUT2D eigenvalue weighted by Gasteiger charge is -2.47. The van der Waals surface area contributed by atoms with Crippen molar-refractivity contribution < 1.29 is 72.4 Å². The fourth-order valence-electron chi connectivity index (χ4n) is 9.33. The minimum Gasteiger partial charge on any atom is -0.465 e. The molecule has 6 heterocycles. The first-order valence-electron chi connectivity index (χ1n) is 23.7. The van der Waals surface area contributed by atoms with Crippen molar-refractivity contribution in [1.82, 2.24) is 14.9 Å². The summed E-state index contributed by atoms with van der Waals surface area (Å²) in [5.74, 6) is -2.59. The highest BCUT2D eigenvalue weighted by molar-refractivity contribution is 7.15. The van der Waals surface area contributed by atoms with Gasteiger partial charge in [-0.3, -0.25) is 9.59 Å². The summed E-state index contributed by atoms with van der Waals surface area (Å²) in [7, 11) is 6.50. The van der Waals surface area contributed by atoms with E-state index in [4.69, 9.17) is 47.5 Å². The largest absolute Gasteiger partial charge is 0.465 e. The molecule has 0 radical (unpaired) electrons. The number of aromatic nitrogens is 2. The van der Waals surface area contributed by atoms with E-state index < -0.39 is 97.3 Å². The topological polar surface area (TPSA) is 229 Å². The summed E-state index contributed by atoms with van der Waals surface area (Å²) in [6.45, 7) is 9.42. The number of rotatable bonds is 12. The molecule has 4 aliphatic rings. The number of fused-ring (bicyclic) bond motifs is 3. The molecule has 0 amide bonds. The number of esters is 1. The summed E-state index contributed by atoms with van der Waals surface area (Å²) in [6, 6.07) is 3.22. The average molecular weight is 989 g/mol. The van der Waals surface area contributed by atoms with E-state index in [1.807, 2.05) is 39.0 Å². The molecule has 16 atom stereocenters. The van der Waals surface area contributed by atoms with Gasteiger partial charge >= 0.3 is 5.97 Å². The van der Waals surface area contributed by atoms with Gasteiger partial charge in [0.1, 0.15) is 36.5 Å². The quantitative estimate of drug-likeness (QED) is 0.203. The molecule has 2 aromatic heterocycles. The molecular formula is C49H72N4O15S. The minimum absolute atomic E-state index is 0.0264. The van der Waals surface area contributed by atoms with Gasteiger partial charge in [0.15, 0.2) is 25.0 Å². The number of hydrogen-bond acceptors (Lipinski definition) is 20. The lowest BCUT2D eigenvalue weighted by Crippen LogP contribution is -2.63. The molecule has 3 saturated heterocycles. The third kappa shape index (κ3) is 14.7. The summed E-state index contributed by atoms with van der Waals surface area (Å²) < 4.78 is 55.4. The molecule has 69 heavy (non-hydrogen) atoms. The molecule has 3 fully saturated rings. The first-order chi connectivity index (χ1) is 33.1. The van der Waals surface area contributed by atoms with Gasteiger partial charge in [0, 0.05) is 66.3 Å². The van der Waals surface area contributed by atoms with Crippen LogP contribution in [0.1, 0.15) is 58.8 Å². The Bertz CT molecular complexity index is 2020. The third-order valence-electron chi connectivity index (χ3n) is 13.3. The third-order valence-corrected chi connectivity index (χ3v) is 14.4. The zero-order valence-corrected chi connectivity index (χ0v) is 42.0. The second kappa shape index (κ2) is 26.2. The second-order valence-electron chi connectivity index (χ2n) is 18.7. The summed E-state index contributed by atoms with van der Waals surface area (Å²) in [5, 5.41) is 37.9. The maximum atomic E-state index is 14.1. The number of ketones is 1. The SMILES string of the molecule is CO[C@@H]1[C@H](O)[C@@H](C)O[C@@H](OC[C@H]2/C=C(C)/C=C/C(=O)[C@H](C)CC3CCOC/C(=N\OCc4ccc(-c5cncnc5)s4)CO[C@H](CC(=O)OC2)[C@H](C)[C@H]3O[C@@H]2O[C@H](C)[C@@H](O)[C@H](N(C)C)[C@H]2O)[C@@H]1OC. The van der Waals surface area contributed by atoms with Gasteiger partial charge in [-0.25, -0.2) is 9.97 Å². The summed E-state index contributed by atoms with van der Waals surface area (Å²) >= 11 is 1.53. The van der Waals surface area contributed by atoms with Gasteiger partial charge in [0.2, 0.25) is 0 Å². The van der Waals surface area contributed by atoms with E-state index >= 15 is 0 Å². The highest BCUT2D eigenvalue weighted by atomic mass is 32.1. The number of likely N-dealkylation sites (N-methyl/N-ethyl adjacent to an activating group) is 1. The van der Waals surface area contributed by atoms with Crippen LogP contribution < -0.4 is 0 Å². The van der Waals surface area contributed by atoms with Gasteiger partial charge in [-0.15, -0.1) is 11.3 Å². The van der Waals surface area contributed by atoms with Crippen molar-refractivity contribution in [1.29, 1.82) is 0 Å². The fourth-order valence-corrected chi connectivity index (χ4v) is 10.2. The van der Waals surface area contributed by atoms with E-state index in [0.717, 1.165) is 20.9 Å². The molecule has 0 aromatic carbocycles. The highest BCUT2D eigenvalue weighted by Gasteiger charge is 2.48. The van der Waals surface area contributed by atoms with Crippen LogP contribution in [0.2, 0.25) is 0 Å². The van der Waals surface area contributed by atoms with Gasteiger partial charge in [-0.2, -0.15) is 0 Å². The van der Waals surface area contributed by atoms with E-state index in [0.29, 0.717) is 18.6 Å². The number of aliphatic hydroxyl groups is 3. The summed E-state index contributed by atoms with van der Waals surface area (Å²) in [5.41, 5.74) is 2.07. The predicted octanol–water partition coefficient (Wildman–Crippen LogP) is 3.73. The summed E-state index contributed by atoms with van der Waals surface area (Å²) in [4.78, 5) is 45.8. The lowest BCUT2D eigenvalue weighted by molar-refractivity contribution is -0.305. The first-order valence-corrected chi connectivity index (χ1v) is 24.5. The van der Waals surface area contributed by atoms with Crippen LogP contribution >= 0.6 is 11.3 Å². The smallest absolute Gasteiger partial charge is 0.308 e. The van der Waals surface area contributed by atoms with Crippen LogP contribution in [0.5, 0.6) is 0 Å². The molecule has 2 bridgehead atoms. The molecule has 4 aliphatic heterocycles. The van der Waals surface area contributed by atoms with Crippen molar-refractivity contribution in [3.63, 3.8) is 0 Å². The van der Waals surface area contributed by atoms with Crippen LogP contribution in [0, 0.1) is 23.7 Å². The van der Waals surface area contributed by atoms with Crippen LogP contribution in [-0.2, 0) is 63.7 Å². The first kappa shape index (κ1) is 54.7. The molecule has 0 aliphatic carbocycles. The number of thiophene rings is 1. The number of carbonyl (C=O) groups is 2. The van der Waals surface area contributed by atoms with Crippen molar-refractivity contribution in [2.45, 2.75) is 134 Å². The van der Waals surface area contributed by atoms with Gasteiger partial charge in [0.05, 0.1) is 69.4 Å². The highest BCUT2D eigenvalue weighted by Crippen LogP contribution is 2.36. The number of carbonyl (C=O) groups excluding carboxylic acids is 2. The Hall–Kier alpha value is -3.61. The maximum absolute atomic E-state index is 14.1. The molecule has 3 N–H and O–H groups in total. The number of aliphatic hydroxyl groups excluding tert-OH is 3. The van der Waals surface area contributed by atoms with Crippen molar-refractivity contribution in [3.8, 4) is 10.4 Å². The molecule has 0 saturated carbocycles. The molecule has 1 unspecified atom stereocenters. The molecule has 384 valence electrons. The number of hydrogen-bond donors (Lipinski definition) is 3. The zero-order chi connectivity index (χ0) is 49.8. The normalized spacial score (nSPS) is 37.7. The number of allylic oxidation sites excluding steroid dienone is 3. The van der Waals surface area contributed by atoms with Crippen LogP contribution in [-0.4, -0.2) is 183 Å². The Morgan fingerprint density at radius 2 is 1.62 bits per heavy atom. The van der Waals surface area contributed by atoms with Crippen LogP contribution in [0.4, 0.5) is 0 Å². The summed E-state index contributed by atoms with van der Waals surface area (Å²) in [6.07, 6.45) is 1.04. The molecule has 19 nitrogen and oxygen atoms in total. The average Bonchev–Trinajstić information content (AvgIpc) is 3.80. The Morgan fingerprint density at radius 3 is 2.35 bits per heavy atom. The van der Waals surface area contributed by atoms with E-state index in [9.17, 15) is 24.9 Å². The van der Waals surface area contributed by atoms with Gasteiger partial charge < -0.3 is 67.7 Å². The Labute approximate surface area is 409 Å². The van der Waals surface area contributed by atoms with Gasteiger partial charge in [-0.05, 0) is 71.8 Å². The fraction of sp³-hybridized carbons (Fsp3) is 0.694. The lowest BCUT2D eigenvalue weighted by atomic mass is 9.79. The number of ether oxygens (including phenoxy) is 9. The molecule has 0 spiro atoms. The van der Waals surface area contributed by atoms with Crippen LogP contribution in [0.25, 0.3) is 10.4 Å². The standard InChI is InChI=1S/C49H72N4O15S/c1-27-10-12-37(54)28(2)17-33-14-15-61-23-35(52-65-25-36-11-13-39(69-36)34-19-50-26-51-20-34)24-62-38(29(3)45(33)68-48-44(58)41(53(6)7)42(56)30(4)66-48)18-40(55)63-21-32(16-27)22-64-49-47(60-9)46(59-8)43(57)31(5)67-49/h10-13,16,19-20,26,28-33,38,41-49,56-58H,14-15,17-18,21-25H2,1-9H3/b12-10+,27-16+,52-35+/t28-,29+,30-,31-,32+,33?,38-,41+,42-,43-,44-,45-,46-,47-,48+,49-/m1/s1. The van der Waals surface area contributed by atoms with E-state index in [1.165, 1.54) is 31.9 Å². The Morgan fingerprint density at radius 1 is 0.899 bits per heavy atom. The van der Waals surface area contributed by atoms with Gasteiger partial charge in [0.25, 0.3) is 0 Å². The zero-order valence-electron chi connectivity index (χ0n) is 41.2. The van der Waals surface area contributed by atoms with Gasteiger partial charge in [-0.1, -0.05) is 36.7 Å². The van der Waals surface area contributed by atoms with Crippen molar-refractivity contribution >= 4 is 28.8 Å². The molecule has 6 rings (SSSR count).